The number of carbonyl (C=O) groups excluding carboxylic acids is 2. The highest BCUT2D eigenvalue weighted by atomic mass is 16.3. The molecule has 1 aliphatic heterocycles. The molecule has 1 aromatic heterocycles. The molecule has 0 bridgehead atoms. The van der Waals surface area contributed by atoms with E-state index in [0.717, 1.165) is 11.1 Å². The fourth-order valence-corrected chi connectivity index (χ4v) is 3.28. The number of furan rings is 1. The highest BCUT2D eigenvalue weighted by Crippen LogP contribution is 2.22. The summed E-state index contributed by atoms with van der Waals surface area (Å²) in [7, 11) is 0. The second-order valence-corrected chi connectivity index (χ2v) is 6.94. The number of hydrogen-bond donors (Lipinski definition) is 1. The third-order valence-electron chi connectivity index (χ3n) is 4.77. The lowest BCUT2D eigenvalue weighted by atomic mass is 10.1. The molecule has 0 radical (unpaired) electrons. The molecule has 3 aromatic rings. The lowest BCUT2D eigenvalue weighted by molar-refractivity contribution is -0.128. The van der Waals surface area contributed by atoms with Gasteiger partial charge in [-0.05, 0) is 42.5 Å². The minimum absolute atomic E-state index is 0.0379. The minimum atomic E-state index is -0.378. The molecule has 4 rings (SSSR count). The van der Waals surface area contributed by atoms with E-state index < -0.39 is 0 Å². The van der Waals surface area contributed by atoms with Gasteiger partial charge in [0.05, 0.1) is 18.7 Å². The first-order valence-electron chi connectivity index (χ1n) is 9.45. The SMILES string of the molecule is O=C(Nc1cccc(C#Cc2ccccc2)c1)C1CC(=O)N(Cc2ccco2)C1. The predicted octanol–water partition coefficient (Wildman–Crippen LogP) is 3.67. The number of likely N-dealkylation sites (tertiary alicyclic amines) is 1. The number of amides is 2. The van der Waals surface area contributed by atoms with E-state index in [-0.39, 0.29) is 24.2 Å². The van der Waals surface area contributed by atoms with Gasteiger partial charge >= 0.3 is 0 Å². The average molecular weight is 384 g/mol. The Morgan fingerprint density at radius 1 is 1.03 bits per heavy atom. The van der Waals surface area contributed by atoms with Crippen molar-refractivity contribution < 1.29 is 14.0 Å². The van der Waals surface area contributed by atoms with Gasteiger partial charge in [0.1, 0.15) is 5.76 Å². The topological polar surface area (TPSA) is 62.6 Å². The first-order valence-corrected chi connectivity index (χ1v) is 9.45. The quantitative estimate of drug-likeness (QED) is 0.698. The molecule has 1 aliphatic rings. The van der Waals surface area contributed by atoms with Crippen LogP contribution in [0.15, 0.2) is 77.4 Å². The van der Waals surface area contributed by atoms with Crippen molar-refractivity contribution in [1.29, 1.82) is 0 Å². The summed E-state index contributed by atoms with van der Waals surface area (Å²) in [5, 5.41) is 2.91. The summed E-state index contributed by atoms with van der Waals surface area (Å²) < 4.78 is 5.30. The number of rotatable bonds is 4. The zero-order chi connectivity index (χ0) is 20.1. The summed E-state index contributed by atoms with van der Waals surface area (Å²) in [6.45, 7) is 0.777. The third kappa shape index (κ3) is 4.74. The summed E-state index contributed by atoms with van der Waals surface area (Å²) in [5.74, 6) is 6.35. The van der Waals surface area contributed by atoms with Gasteiger partial charge in [-0.2, -0.15) is 0 Å². The number of nitrogens with one attached hydrogen (secondary N) is 1. The molecule has 0 spiro atoms. The van der Waals surface area contributed by atoms with E-state index in [1.807, 2.05) is 60.7 Å². The number of carbonyl (C=O) groups is 2. The van der Waals surface area contributed by atoms with Crippen LogP contribution >= 0.6 is 0 Å². The van der Waals surface area contributed by atoms with E-state index >= 15 is 0 Å². The molecular weight excluding hydrogens is 364 g/mol. The van der Waals surface area contributed by atoms with E-state index in [4.69, 9.17) is 4.42 Å². The average Bonchev–Trinajstić information content (AvgIpc) is 3.38. The van der Waals surface area contributed by atoms with Gasteiger partial charge in [0.15, 0.2) is 0 Å². The van der Waals surface area contributed by atoms with Crippen LogP contribution in [0.3, 0.4) is 0 Å². The second-order valence-electron chi connectivity index (χ2n) is 6.94. The molecule has 5 heteroatoms. The molecule has 29 heavy (non-hydrogen) atoms. The minimum Gasteiger partial charge on any atom is -0.467 e. The number of hydrogen-bond acceptors (Lipinski definition) is 3. The molecule has 0 aliphatic carbocycles. The number of benzene rings is 2. The summed E-state index contributed by atoms with van der Waals surface area (Å²) >= 11 is 0. The fourth-order valence-electron chi connectivity index (χ4n) is 3.28. The number of anilines is 1. The first-order chi connectivity index (χ1) is 14.2. The highest BCUT2D eigenvalue weighted by molar-refractivity contribution is 5.97. The Morgan fingerprint density at radius 3 is 2.62 bits per heavy atom. The van der Waals surface area contributed by atoms with Gasteiger partial charge in [0.2, 0.25) is 11.8 Å². The molecular formula is C24H20N2O3. The summed E-state index contributed by atoms with van der Waals surface area (Å²) in [6, 6.07) is 20.8. The maximum absolute atomic E-state index is 12.6. The van der Waals surface area contributed by atoms with Crippen molar-refractivity contribution in [2.24, 2.45) is 5.92 Å². The smallest absolute Gasteiger partial charge is 0.229 e. The van der Waals surface area contributed by atoms with Gasteiger partial charge in [-0.1, -0.05) is 36.1 Å². The van der Waals surface area contributed by atoms with Gasteiger partial charge in [-0.25, -0.2) is 0 Å². The molecule has 1 saturated heterocycles. The monoisotopic (exact) mass is 384 g/mol. The van der Waals surface area contributed by atoms with E-state index in [9.17, 15) is 9.59 Å². The largest absolute Gasteiger partial charge is 0.467 e. The Bertz CT molecular complexity index is 1060. The maximum Gasteiger partial charge on any atom is 0.229 e. The van der Waals surface area contributed by atoms with E-state index in [1.165, 1.54) is 0 Å². The zero-order valence-electron chi connectivity index (χ0n) is 15.8. The zero-order valence-corrected chi connectivity index (χ0v) is 15.8. The van der Waals surface area contributed by atoms with E-state index in [1.54, 1.807) is 17.2 Å². The van der Waals surface area contributed by atoms with Gasteiger partial charge in [0.25, 0.3) is 0 Å². The van der Waals surface area contributed by atoms with Crippen molar-refractivity contribution in [3.63, 3.8) is 0 Å². The van der Waals surface area contributed by atoms with Crippen LogP contribution in [-0.2, 0) is 16.1 Å². The van der Waals surface area contributed by atoms with Gasteiger partial charge in [0, 0.05) is 29.8 Å². The maximum atomic E-state index is 12.6. The first kappa shape index (κ1) is 18.6. The fraction of sp³-hybridized carbons (Fsp3) is 0.167. The molecule has 5 nitrogen and oxygen atoms in total. The van der Waals surface area contributed by atoms with Crippen molar-refractivity contribution in [3.8, 4) is 11.8 Å². The molecule has 1 N–H and O–H groups in total. The van der Waals surface area contributed by atoms with Gasteiger partial charge in [-0.3, -0.25) is 9.59 Å². The lowest BCUT2D eigenvalue weighted by Crippen LogP contribution is -2.27. The van der Waals surface area contributed by atoms with Crippen LogP contribution in [0.25, 0.3) is 0 Å². The van der Waals surface area contributed by atoms with Crippen LogP contribution in [0.5, 0.6) is 0 Å². The van der Waals surface area contributed by atoms with Crippen molar-refractivity contribution >= 4 is 17.5 Å². The van der Waals surface area contributed by atoms with Crippen molar-refractivity contribution in [1.82, 2.24) is 4.90 Å². The Labute approximate surface area is 169 Å². The Kier molecular flexibility index (Phi) is 5.44. The van der Waals surface area contributed by atoms with Crippen LogP contribution in [0.4, 0.5) is 5.69 Å². The highest BCUT2D eigenvalue weighted by Gasteiger charge is 2.34. The van der Waals surface area contributed by atoms with Gasteiger partial charge < -0.3 is 14.6 Å². The normalized spacial score (nSPS) is 15.7. The molecule has 0 saturated carbocycles. The molecule has 144 valence electrons. The van der Waals surface area contributed by atoms with Gasteiger partial charge in [-0.15, -0.1) is 0 Å². The predicted molar refractivity (Wildman–Crippen MR) is 110 cm³/mol. The van der Waals surface area contributed by atoms with Crippen LogP contribution in [0.2, 0.25) is 0 Å². The van der Waals surface area contributed by atoms with Crippen LogP contribution < -0.4 is 5.32 Å². The lowest BCUT2D eigenvalue weighted by Gasteiger charge is -2.15. The molecule has 2 heterocycles. The molecule has 2 amide bonds. The van der Waals surface area contributed by atoms with E-state index in [2.05, 4.69) is 17.2 Å². The second kappa shape index (κ2) is 8.49. The molecule has 1 atom stereocenters. The Balaban J connectivity index is 1.39. The standard InChI is InChI=1S/C24H20N2O3/c27-23-15-20(16-26(23)17-22-10-5-13-29-22)24(28)25-21-9-4-8-19(14-21)12-11-18-6-2-1-3-7-18/h1-10,13-14,20H,15-17H2,(H,25,28). The summed E-state index contributed by atoms with van der Waals surface area (Å²) in [5.41, 5.74) is 2.42. The van der Waals surface area contributed by atoms with E-state index in [0.29, 0.717) is 24.5 Å². The molecule has 2 aromatic carbocycles. The van der Waals surface area contributed by atoms with Crippen molar-refractivity contribution in [2.45, 2.75) is 13.0 Å². The number of nitrogens with zero attached hydrogens (tertiary/aromatic N) is 1. The van der Waals surface area contributed by atoms with Crippen LogP contribution in [0.1, 0.15) is 23.3 Å². The Hall–Kier alpha value is -3.78. The van der Waals surface area contributed by atoms with Crippen molar-refractivity contribution in [2.75, 3.05) is 11.9 Å². The molecule has 1 fully saturated rings. The Morgan fingerprint density at radius 2 is 1.83 bits per heavy atom. The summed E-state index contributed by atoms with van der Waals surface area (Å²) in [4.78, 5) is 26.5. The molecule has 1 unspecified atom stereocenters. The van der Waals surface area contributed by atoms with Crippen LogP contribution in [0, 0.1) is 17.8 Å². The summed E-state index contributed by atoms with van der Waals surface area (Å²) in [6.07, 6.45) is 1.79. The van der Waals surface area contributed by atoms with Crippen molar-refractivity contribution in [3.05, 3.63) is 89.9 Å². The third-order valence-corrected chi connectivity index (χ3v) is 4.77. The van der Waals surface area contributed by atoms with Crippen LogP contribution in [-0.4, -0.2) is 23.3 Å².